The van der Waals surface area contributed by atoms with Gasteiger partial charge < -0.3 is 15.4 Å². The number of ether oxygens (including phenoxy) is 1. The summed E-state index contributed by atoms with van der Waals surface area (Å²) in [6, 6.07) is 1.70. The Bertz CT molecular complexity index is 472. The first-order valence-electron chi connectivity index (χ1n) is 6.34. The normalized spacial score (nSPS) is 19.2. The van der Waals surface area contributed by atoms with Gasteiger partial charge in [-0.3, -0.25) is 9.59 Å². The maximum atomic E-state index is 12.5. The quantitative estimate of drug-likeness (QED) is 0.912. The Kier molecular flexibility index (Phi) is 4.42. The molecule has 1 unspecified atom stereocenters. The molecule has 5 nitrogen and oxygen atoms in total. The highest BCUT2D eigenvalue weighted by atomic mass is 32.1. The van der Waals surface area contributed by atoms with Crippen LogP contribution in [0.25, 0.3) is 0 Å². The predicted molar refractivity (Wildman–Crippen MR) is 73.4 cm³/mol. The summed E-state index contributed by atoms with van der Waals surface area (Å²) < 4.78 is 5.18. The monoisotopic (exact) mass is 282 g/mol. The van der Waals surface area contributed by atoms with Crippen molar-refractivity contribution in [2.75, 3.05) is 13.7 Å². The Morgan fingerprint density at radius 1 is 1.53 bits per heavy atom. The minimum atomic E-state index is -0.358. The van der Waals surface area contributed by atoms with Crippen LogP contribution in [0.1, 0.15) is 35.4 Å². The van der Waals surface area contributed by atoms with Crippen LogP contribution >= 0.6 is 11.3 Å². The van der Waals surface area contributed by atoms with Gasteiger partial charge in [0.05, 0.1) is 7.11 Å². The summed E-state index contributed by atoms with van der Waals surface area (Å²) in [7, 11) is 1.55. The average molecular weight is 282 g/mol. The lowest BCUT2D eigenvalue weighted by Gasteiger charge is -2.35. The summed E-state index contributed by atoms with van der Waals surface area (Å²) in [5.41, 5.74) is 5.26. The summed E-state index contributed by atoms with van der Waals surface area (Å²) >= 11 is 1.36. The van der Waals surface area contributed by atoms with E-state index in [0.29, 0.717) is 17.2 Å². The molecule has 2 amide bonds. The highest BCUT2D eigenvalue weighted by Crippen LogP contribution is 2.29. The topological polar surface area (TPSA) is 72.6 Å². The average Bonchev–Trinajstić information content (AvgIpc) is 2.86. The molecule has 1 saturated heterocycles. The van der Waals surface area contributed by atoms with Crippen molar-refractivity contribution in [2.45, 2.75) is 31.7 Å². The van der Waals surface area contributed by atoms with Crippen LogP contribution in [0.5, 0.6) is 5.75 Å². The number of nitrogens with zero attached hydrogens (tertiary/aromatic N) is 1. The molecule has 0 aliphatic carbocycles. The van der Waals surface area contributed by atoms with Crippen molar-refractivity contribution in [1.82, 2.24) is 4.90 Å². The predicted octanol–water partition coefficient (Wildman–Crippen LogP) is 1.63. The fourth-order valence-corrected chi connectivity index (χ4v) is 3.27. The van der Waals surface area contributed by atoms with Gasteiger partial charge >= 0.3 is 0 Å². The number of likely N-dealkylation sites (tertiary alicyclic amines) is 1. The van der Waals surface area contributed by atoms with E-state index in [-0.39, 0.29) is 24.3 Å². The first-order chi connectivity index (χ1) is 9.13. The lowest BCUT2D eigenvalue weighted by molar-refractivity contribution is -0.119. The van der Waals surface area contributed by atoms with Crippen LogP contribution in [0.15, 0.2) is 11.4 Å². The number of carbonyl (C=O) groups is 2. The number of carbonyl (C=O) groups excluding carboxylic acids is 2. The van der Waals surface area contributed by atoms with Crippen molar-refractivity contribution >= 4 is 23.2 Å². The second-order valence-electron chi connectivity index (χ2n) is 4.64. The fourth-order valence-electron chi connectivity index (χ4n) is 2.46. The van der Waals surface area contributed by atoms with E-state index in [1.807, 2.05) is 5.38 Å². The Morgan fingerprint density at radius 2 is 2.32 bits per heavy atom. The molecular formula is C13H18N2O3S. The summed E-state index contributed by atoms with van der Waals surface area (Å²) in [5, 5.41) is 1.83. The molecule has 0 bridgehead atoms. The van der Waals surface area contributed by atoms with E-state index in [9.17, 15) is 9.59 Å². The first-order valence-corrected chi connectivity index (χ1v) is 7.22. The van der Waals surface area contributed by atoms with E-state index in [4.69, 9.17) is 10.5 Å². The third-order valence-corrected chi connectivity index (χ3v) is 4.25. The summed E-state index contributed by atoms with van der Waals surface area (Å²) in [6.07, 6.45) is 3.07. The minimum absolute atomic E-state index is 0.0576. The molecule has 2 N–H and O–H groups in total. The lowest BCUT2D eigenvalue weighted by atomic mass is 9.99. The molecule has 0 saturated carbocycles. The third-order valence-electron chi connectivity index (χ3n) is 3.37. The molecular weight excluding hydrogens is 264 g/mol. The zero-order valence-electron chi connectivity index (χ0n) is 10.9. The zero-order valence-corrected chi connectivity index (χ0v) is 11.7. The first kappa shape index (κ1) is 13.9. The summed E-state index contributed by atoms with van der Waals surface area (Å²) in [6.45, 7) is 0.678. The Balaban J connectivity index is 2.17. The van der Waals surface area contributed by atoms with Crippen LogP contribution in [-0.4, -0.2) is 36.4 Å². The maximum Gasteiger partial charge on any atom is 0.268 e. The number of rotatable bonds is 4. The van der Waals surface area contributed by atoms with Gasteiger partial charge in [-0.25, -0.2) is 0 Å². The van der Waals surface area contributed by atoms with Crippen LogP contribution in [0.4, 0.5) is 0 Å². The van der Waals surface area contributed by atoms with Gasteiger partial charge in [-0.05, 0) is 30.7 Å². The highest BCUT2D eigenvalue weighted by Gasteiger charge is 2.30. The largest absolute Gasteiger partial charge is 0.495 e. The number of nitrogens with two attached hydrogens (primary N) is 1. The number of thiophene rings is 1. The van der Waals surface area contributed by atoms with Crippen LogP contribution in [-0.2, 0) is 4.79 Å². The molecule has 1 aromatic rings. The van der Waals surface area contributed by atoms with Crippen LogP contribution < -0.4 is 10.5 Å². The SMILES string of the molecule is COc1ccsc1C(=O)N1CCCCC1CC(N)=O. The molecule has 0 radical (unpaired) electrons. The number of piperidine rings is 1. The van der Waals surface area contributed by atoms with Gasteiger partial charge in [0.2, 0.25) is 5.91 Å². The van der Waals surface area contributed by atoms with Crippen molar-refractivity contribution < 1.29 is 14.3 Å². The van der Waals surface area contributed by atoms with Gasteiger partial charge in [0.25, 0.3) is 5.91 Å². The van der Waals surface area contributed by atoms with Crippen molar-refractivity contribution in [1.29, 1.82) is 0 Å². The number of hydrogen-bond acceptors (Lipinski definition) is 4. The fraction of sp³-hybridized carbons (Fsp3) is 0.538. The molecule has 1 atom stereocenters. The van der Waals surface area contributed by atoms with Crippen molar-refractivity contribution in [3.05, 3.63) is 16.3 Å². The van der Waals surface area contributed by atoms with E-state index in [1.54, 1.807) is 18.1 Å². The van der Waals surface area contributed by atoms with Gasteiger partial charge in [0, 0.05) is 19.0 Å². The molecule has 1 aliphatic heterocycles. The third kappa shape index (κ3) is 3.07. The maximum absolute atomic E-state index is 12.5. The van der Waals surface area contributed by atoms with Crippen molar-refractivity contribution in [3.63, 3.8) is 0 Å². The van der Waals surface area contributed by atoms with Crippen LogP contribution in [0, 0.1) is 0 Å². The minimum Gasteiger partial charge on any atom is -0.495 e. The second-order valence-corrected chi connectivity index (χ2v) is 5.55. The Morgan fingerprint density at radius 3 is 3.00 bits per heavy atom. The number of methoxy groups -OCH3 is 1. The van der Waals surface area contributed by atoms with Gasteiger partial charge in [0.1, 0.15) is 10.6 Å². The molecule has 0 aromatic carbocycles. The van der Waals surface area contributed by atoms with Crippen molar-refractivity contribution in [3.8, 4) is 5.75 Å². The summed E-state index contributed by atoms with van der Waals surface area (Å²) in [5.74, 6) is 0.180. The van der Waals surface area contributed by atoms with Crippen molar-refractivity contribution in [2.24, 2.45) is 5.73 Å². The number of amides is 2. The Hall–Kier alpha value is -1.56. The standard InChI is InChI=1S/C13H18N2O3S/c1-18-10-5-7-19-12(10)13(17)15-6-3-2-4-9(15)8-11(14)16/h5,7,9H,2-4,6,8H2,1H3,(H2,14,16). The molecule has 1 aromatic heterocycles. The molecule has 104 valence electrons. The van der Waals surface area contributed by atoms with Crippen LogP contribution in [0.2, 0.25) is 0 Å². The van der Waals surface area contributed by atoms with Gasteiger partial charge in [-0.1, -0.05) is 0 Å². The molecule has 6 heteroatoms. The molecule has 1 aliphatic rings. The zero-order chi connectivity index (χ0) is 13.8. The van der Waals surface area contributed by atoms with E-state index < -0.39 is 0 Å². The summed E-state index contributed by atoms with van der Waals surface area (Å²) in [4.78, 5) is 26.0. The number of primary amides is 1. The molecule has 19 heavy (non-hydrogen) atoms. The van der Waals surface area contributed by atoms with E-state index in [2.05, 4.69) is 0 Å². The highest BCUT2D eigenvalue weighted by molar-refractivity contribution is 7.12. The smallest absolute Gasteiger partial charge is 0.268 e. The molecule has 0 spiro atoms. The van der Waals surface area contributed by atoms with E-state index >= 15 is 0 Å². The second kappa shape index (κ2) is 6.06. The van der Waals surface area contributed by atoms with Gasteiger partial charge in [0.15, 0.2) is 0 Å². The van der Waals surface area contributed by atoms with Gasteiger partial charge in [-0.15, -0.1) is 11.3 Å². The number of hydrogen-bond donors (Lipinski definition) is 1. The van der Waals surface area contributed by atoms with Crippen LogP contribution in [0.3, 0.4) is 0 Å². The molecule has 2 rings (SSSR count). The molecule has 1 fully saturated rings. The lowest BCUT2D eigenvalue weighted by Crippen LogP contribution is -2.45. The van der Waals surface area contributed by atoms with E-state index in [0.717, 1.165) is 19.3 Å². The van der Waals surface area contributed by atoms with Gasteiger partial charge in [-0.2, -0.15) is 0 Å². The Labute approximate surface area is 116 Å². The van der Waals surface area contributed by atoms with E-state index in [1.165, 1.54) is 11.3 Å². The molecule has 2 heterocycles.